The number of sulfonamides is 1. The van der Waals surface area contributed by atoms with E-state index in [1.165, 1.54) is 4.90 Å². The van der Waals surface area contributed by atoms with Crippen LogP contribution in [0.3, 0.4) is 0 Å². The van der Waals surface area contributed by atoms with Gasteiger partial charge in [-0.15, -0.1) is 0 Å². The number of alkyl carbamates (subject to hydrolysis) is 1. The molecule has 1 aliphatic heterocycles. The topological polar surface area (TPSA) is 219 Å². The monoisotopic (exact) mass is 586 g/mol. The van der Waals surface area contributed by atoms with Gasteiger partial charge in [0.1, 0.15) is 18.7 Å². The van der Waals surface area contributed by atoms with E-state index in [1.54, 1.807) is 0 Å². The third-order valence-electron chi connectivity index (χ3n) is 4.81. The molecule has 0 unspecified atom stereocenters. The van der Waals surface area contributed by atoms with Gasteiger partial charge in [0, 0.05) is 6.54 Å². The first-order chi connectivity index (χ1) is 18.0. The number of benzene rings is 1. The molecule has 39 heavy (non-hydrogen) atoms. The molecule has 1 aliphatic rings. The van der Waals surface area contributed by atoms with Crippen molar-refractivity contribution < 1.29 is 55.7 Å². The summed E-state index contributed by atoms with van der Waals surface area (Å²) in [5.74, 6) is -4.16. The molecule has 2 atom stereocenters. The molecule has 0 saturated carbocycles. The molecule has 1 aromatic rings. The molecule has 13 nitrogen and oxygen atoms in total. The SMILES string of the molecule is CS(N)(=O)=O.NCCCC[C@H](NC(=O)OCc1ccccc1)C(=O)N1CCC[C@H]1C(=O)O.O=C(O)C(F)(F)F. The van der Waals surface area contributed by atoms with Crippen LogP contribution in [0.5, 0.6) is 0 Å². The standard InChI is InChI=1S/C19H27N3O5.C2HF3O2.CH5NO2S/c20-11-5-4-9-15(17(23)22-12-6-10-16(22)18(24)25)21-19(26)27-13-14-7-2-1-3-8-14;3-2(4,5)1(6)7;1-5(2,3)4/h1-3,7-8,15-16H,4-6,9-13,20H2,(H,21,26)(H,24,25);(H,6,7);1H3,(H2,2,3,4)/t15-,16-;;/m0../s1. The Morgan fingerprint density at radius 1 is 1.15 bits per heavy atom. The van der Waals surface area contributed by atoms with Crippen LogP contribution in [-0.4, -0.2) is 85.1 Å². The molecule has 0 spiro atoms. The van der Waals surface area contributed by atoms with Crippen molar-refractivity contribution in [2.45, 2.75) is 57.0 Å². The van der Waals surface area contributed by atoms with Crippen molar-refractivity contribution in [2.75, 3.05) is 19.3 Å². The molecule has 1 aromatic carbocycles. The number of nitrogens with two attached hydrogens (primary N) is 2. The molecular weight excluding hydrogens is 553 g/mol. The van der Waals surface area contributed by atoms with Crippen LogP contribution in [0.1, 0.15) is 37.7 Å². The predicted octanol–water partition coefficient (Wildman–Crippen LogP) is 1.02. The number of primary sulfonamides is 1. The Morgan fingerprint density at radius 3 is 2.15 bits per heavy atom. The number of ether oxygens (including phenoxy) is 1. The Hall–Kier alpha value is -3.44. The maximum Gasteiger partial charge on any atom is 0.490 e. The van der Waals surface area contributed by atoms with Gasteiger partial charge < -0.3 is 30.9 Å². The van der Waals surface area contributed by atoms with E-state index in [9.17, 15) is 41.1 Å². The summed E-state index contributed by atoms with van der Waals surface area (Å²) in [5.41, 5.74) is 6.34. The van der Waals surface area contributed by atoms with Crippen LogP contribution in [-0.2, 0) is 35.8 Å². The van der Waals surface area contributed by atoms with Crippen LogP contribution in [0, 0.1) is 0 Å². The number of aliphatic carboxylic acids is 2. The number of halogens is 3. The maximum absolute atomic E-state index is 12.8. The first kappa shape index (κ1) is 35.6. The van der Waals surface area contributed by atoms with Crippen LogP contribution >= 0.6 is 0 Å². The highest BCUT2D eigenvalue weighted by Gasteiger charge is 2.38. The van der Waals surface area contributed by atoms with Crippen LogP contribution in [0.25, 0.3) is 0 Å². The Labute approximate surface area is 223 Å². The summed E-state index contributed by atoms with van der Waals surface area (Å²) < 4.78 is 55.7. The lowest BCUT2D eigenvalue weighted by Gasteiger charge is -2.27. The second-order valence-corrected chi connectivity index (χ2v) is 9.86. The Balaban J connectivity index is 0.00000100. The number of unbranched alkanes of at least 4 members (excludes halogenated alkanes) is 1. The summed E-state index contributed by atoms with van der Waals surface area (Å²) in [6.07, 6.45) is -2.03. The number of carbonyl (C=O) groups is 4. The zero-order valence-corrected chi connectivity index (χ0v) is 21.9. The van der Waals surface area contributed by atoms with Crippen molar-refractivity contribution in [3.8, 4) is 0 Å². The largest absolute Gasteiger partial charge is 0.490 e. The highest BCUT2D eigenvalue weighted by atomic mass is 32.2. The third-order valence-corrected chi connectivity index (χ3v) is 4.81. The molecule has 0 radical (unpaired) electrons. The second kappa shape index (κ2) is 17.2. The molecule has 0 aromatic heterocycles. The van der Waals surface area contributed by atoms with Gasteiger partial charge in [0.05, 0.1) is 6.26 Å². The fourth-order valence-corrected chi connectivity index (χ4v) is 3.14. The van der Waals surface area contributed by atoms with Crippen LogP contribution in [0.4, 0.5) is 18.0 Å². The van der Waals surface area contributed by atoms with E-state index in [2.05, 4.69) is 10.5 Å². The van der Waals surface area contributed by atoms with Crippen molar-refractivity contribution in [1.82, 2.24) is 10.2 Å². The number of hydrogen-bond acceptors (Lipinski definition) is 8. The number of carbonyl (C=O) groups excluding carboxylic acids is 2. The molecular formula is C22H33F3N4O9S. The summed E-state index contributed by atoms with van der Waals surface area (Å²) in [7, 11) is -3.17. The predicted molar refractivity (Wildman–Crippen MR) is 132 cm³/mol. The minimum Gasteiger partial charge on any atom is -0.480 e. The van der Waals surface area contributed by atoms with Gasteiger partial charge in [-0.1, -0.05) is 30.3 Å². The number of carboxylic acid groups (broad SMARTS) is 2. The first-order valence-corrected chi connectivity index (χ1v) is 13.4. The van der Waals surface area contributed by atoms with Crippen molar-refractivity contribution in [1.29, 1.82) is 0 Å². The van der Waals surface area contributed by atoms with Gasteiger partial charge in [-0.05, 0) is 44.2 Å². The van der Waals surface area contributed by atoms with Gasteiger partial charge in [-0.25, -0.2) is 27.9 Å². The highest BCUT2D eigenvalue weighted by Crippen LogP contribution is 2.20. The minimum atomic E-state index is -5.08. The van der Waals surface area contributed by atoms with Gasteiger partial charge in [-0.3, -0.25) is 4.79 Å². The van der Waals surface area contributed by atoms with E-state index >= 15 is 0 Å². The maximum atomic E-state index is 12.8. The number of alkyl halides is 3. The average Bonchev–Trinajstić information content (AvgIpc) is 3.32. The van der Waals surface area contributed by atoms with E-state index in [-0.39, 0.29) is 12.5 Å². The van der Waals surface area contributed by atoms with Gasteiger partial charge in [0.25, 0.3) is 0 Å². The number of amides is 2. The number of nitrogens with one attached hydrogen (secondary N) is 1. The fraction of sp³-hybridized carbons (Fsp3) is 0.545. The first-order valence-electron chi connectivity index (χ1n) is 11.5. The molecule has 7 N–H and O–H groups in total. The summed E-state index contributed by atoms with van der Waals surface area (Å²) in [6, 6.07) is 7.56. The molecule has 222 valence electrons. The number of likely N-dealkylation sites (tertiary alicyclic amines) is 1. The number of carboxylic acids is 2. The number of nitrogens with zero attached hydrogens (tertiary/aromatic N) is 1. The van der Waals surface area contributed by atoms with E-state index in [0.717, 1.165) is 11.8 Å². The lowest BCUT2D eigenvalue weighted by Crippen LogP contribution is -2.51. The quantitative estimate of drug-likeness (QED) is 0.259. The van der Waals surface area contributed by atoms with Gasteiger partial charge in [0.2, 0.25) is 15.9 Å². The lowest BCUT2D eigenvalue weighted by molar-refractivity contribution is -0.192. The lowest BCUT2D eigenvalue weighted by atomic mass is 10.1. The molecule has 17 heteroatoms. The molecule has 1 fully saturated rings. The summed E-state index contributed by atoms with van der Waals surface area (Å²) >= 11 is 0. The summed E-state index contributed by atoms with van der Waals surface area (Å²) in [5, 5.41) is 23.3. The third kappa shape index (κ3) is 16.9. The second-order valence-electron chi connectivity index (χ2n) is 8.20. The minimum absolute atomic E-state index is 0.0951. The molecule has 2 rings (SSSR count). The van der Waals surface area contributed by atoms with Gasteiger partial charge in [-0.2, -0.15) is 13.2 Å². The van der Waals surface area contributed by atoms with Crippen molar-refractivity contribution in [2.24, 2.45) is 10.9 Å². The Morgan fingerprint density at radius 2 is 1.69 bits per heavy atom. The van der Waals surface area contributed by atoms with E-state index in [0.29, 0.717) is 45.2 Å². The number of hydrogen-bond donors (Lipinski definition) is 5. The van der Waals surface area contributed by atoms with Crippen molar-refractivity contribution >= 4 is 34.0 Å². The highest BCUT2D eigenvalue weighted by molar-refractivity contribution is 7.88. The summed E-state index contributed by atoms with van der Waals surface area (Å²) in [4.78, 5) is 46.6. The van der Waals surface area contributed by atoms with Gasteiger partial charge >= 0.3 is 24.2 Å². The summed E-state index contributed by atoms with van der Waals surface area (Å²) in [6.45, 7) is 0.961. The van der Waals surface area contributed by atoms with Crippen molar-refractivity contribution in [3.05, 3.63) is 35.9 Å². The van der Waals surface area contributed by atoms with Crippen LogP contribution < -0.4 is 16.2 Å². The van der Waals surface area contributed by atoms with Crippen LogP contribution in [0.2, 0.25) is 0 Å². The van der Waals surface area contributed by atoms with Gasteiger partial charge in [0.15, 0.2) is 0 Å². The van der Waals surface area contributed by atoms with Crippen LogP contribution in [0.15, 0.2) is 30.3 Å². The average molecular weight is 587 g/mol. The molecule has 0 aliphatic carbocycles. The smallest absolute Gasteiger partial charge is 0.480 e. The van der Waals surface area contributed by atoms with Crippen molar-refractivity contribution in [3.63, 3.8) is 0 Å². The zero-order chi connectivity index (χ0) is 30.2. The Bertz CT molecular complexity index is 1030. The zero-order valence-electron chi connectivity index (χ0n) is 21.1. The number of rotatable bonds is 9. The van der Waals surface area contributed by atoms with E-state index < -0.39 is 46.3 Å². The molecule has 2 amide bonds. The Kier molecular flexibility index (Phi) is 15.7. The molecule has 0 bridgehead atoms. The fourth-order valence-electron chi connectivity index (χ4n) is 3.14. The molecule has 1 saturated heterocycles. The molecule has 1 heterocycles. The normalized spacial score (nSPS) is 15.5. The van der Waals surface area contributed by atoms with E-state index in [1.807, 2.05) is 30.3 Å². The van der Waals surface area contributed by atoms with E-state index in [4.69, 9.17) is 20.4 Å².